The lowest BCUT2D eigenvalue weighted by molar-refractivity contribution is -0.0538. The standard InChI is InChI=1S/C20H21F4N7O/c1-29-18(26-9-27-29)19-28-15-6-30(7-16(15)31(19)20(23)24)11-5-14(25)17(32-8-11)12-4-10(21)2-3-13(12)22/h2-4,9,11,14,17,20H,5-8,25H2,1H3/t11-,14+,17-/m1/s1. The maximum Gasteiger partial charge on any atom is 0.320 e. The topological polar surface area (TPSA) is 87.0 Å². The first-order chi connectivity index (χ1) is 15.3. The van der Waals surface area contributed by atoms with Crippen LogP contribution in [0, 0.1) is 11.6 Å². The molecule has 4 heterocycles. The molecule has 2 aromatic heterocycles. The van der Waals surface area contributed by atoms with Gasteiger partial charge in [-0.3, -0.25) is 9.47 Å². The number of hydrogen-bond donors (Lipinski definition) is 1. The molecule has 2 aliphatic rings. The highest BCUT2D eigenvalue weighted by Crippen LogP contribution is 2.36. The van der Waals surface area contributed by atoms with Gasteiger partial charge < -0.3 is 10.5 Å². The first-order valence-corrected chi connectivity index (χ1v) is 10.1. The van der Waals surface area contributed by atoms with Crippen molar-refractivity contribution in [3.63, 3.8) is 0 Å². The Kier molecular flexibility index (Phi) is 5.22. The third-order valence-corrected chi connectivity index (χ3v) is 6.09. The molecule has 0 aliphatic carbocycles. The lowest BCUT2D eigenvalue weighted by Crippen LogP contribution is -2.47. The van der Waals surface area contributed by atoms with Crippen LogP contribution in [0.4, 0.5) is 17.6 Å². The second-order valence-electron chi connectivity index (χ2n) is 8.06. The monoisotopic (exact) mass is 451 g/mol. The summed E-state index contributed by atoms with van der Waals surface area (Å²) < 4.78 is 63.7. The van der Waals surface area contributed by atoms with E-state index in [2.05, 4.69) is 15.1 Å². The van der Waals surface area contributed by atoms with E-state index < -0.39 is 30.3 Å². The number of halogens is 4. The molecule has 12 heteroatoms. The molecule has 0 saturated carbocycles. The van der Waals surface area contributed by atoms with E-state index in [4.69, 9.17) is 10.5 Å². The molecule has 8 nitrogen and oxygen atoms in total. The summed E-state index contributed by atoms with van der Waals surface area (Å²) in [5, 5.41) is 3.93. The lowest BCUT2D eigenvalue weighted by Gasteiger charge is -2.38. The van der Waals surface area contributed by atoms with Crippen molar-refractivity contribution in [3.05, 3.63) is 53.1 Å². The molecule has 0 spiro atoms. The average molecular weight is 451 g/mol. The molecule has 32 heavy (non-hydrogen) atoms. The average Bonchev–Trinajstić information content (AvgIpc) is 3.43. The number of fused-ring (bicyclic) bond motifs is 1. The van der Waals surface area contributed by atoms with Crippen LogP contribution in [0.5, 0.6) is 0 Å². The number of alkyl halides is 2. The smallest absolute Gasteiger partial charge is 0.320 e. The number of ether oxygens (including phenoxy) is 1. The largest absolute Gasteiger partial charge is 0.370 e. The molecule has 1 aromatic carbocycles. The first kappa shape index (κ1) is 21.0. The molecule has 1 saturated heterocycles. The lowest BCUT2D eigenvalue weighted by atomic mass is 9.93. The zero-order chi connectivity index (χ0) is 22.6. The normalized spacial score (nSPS) is 23.8. The first-order valence-electron chi connectivity index (χ1n) is 10.1. The number of rotatable bonds is 4. The fraction of sp³-hybridized carbons (Fsp3) is 0.450. The SMILES string of the molecule is Cn1ncnc1-c1nc2c(n1C(F)F)CN([C@H]1CO[C@H](c3cc(F)ccc3F)[C@@H](N)C1)C2. The molecule has 1 fully saturated rings. The Hall–Kier alpha value is -2.83. The van der Waals surface area contributed by atoms with Gasteiger partial charge in [0.2, 0.25) is 0 Å². The number of aryl methyl sites for hydroxylation is 1. The Balaban J connectivity index is 1.34. The Morgan fingerprint density at radius 1 is 1.19 bits per heavy atom. The Bertz CT molecular complexity index is 1150. The molecular formula is C20H21F4N7O. The quantitative estimate of drug-likeness (QED) is 0.614. The number of benzene rings is 1. The second kappa shape index (κ2) is 7.94. The van der Waals surface area contributed by atoms with Gasteiger partial charge in [-0.2, -0.15) is 13.9 Å². The summed E-state index contributed by atoms with van der Waals surface area (Å²) in [5.41, 5.74) is 7.28. The predicted octanol–water partition coefficient (Wildman–Crippen LogP) is 2.53. The molecule has 3 atom stereocenters. The van der Waals surface area contributed by atoms with Crippen LogP contribution < -0.4 is 5.73 Å². The minimum atomic E-state index is -2.79. The molecule has 5 rings (SSSR count). The third kappa shape index (κ3) is 3.48. The Morgan fingerprint density at radius 3 is 2.69 bits per heavy atom. The summed E-state index contributed by atoms with van der Waals surface area (Å²) in [6.07, 6.45) is 0.952. The zero-order valence-electron chi connectivity index (χ0n) is 17.1. The van der Waals surface area contributed by atoms with E-state index in [-0.39, 0.29) is 36.4 Å². The van der Waals surface area contributed by atoms with Crippen molar-refractivity contribution >= 4 is 0 Å². The van der Waals surface area contributed by atoms with E-state index in [1.54, 1.807) is 7.05 Å². The van der Waals surface area contributed by atoms with Crippen LogP contribution in [0.25, 0.3) is 11.6 Å². The molecule has 0 amide bonds. The van der Waals surface area contributed by atoms with Crippen LogP contribution >= 0.6 is 0 Å². The van der Waals surface area contributed by atoms with Crippen molar-refractivity contribution in [2.24, 2.45) is 12.8 Å². The number of hydrogen-bond acceptors (Lipinski definition) is 6. The molecule has 0 radical (unpaired) electrons. The minimum absolute atomic E-state index is 0.0721. The van der Waals surface area contributed by atoms with Gasteiger partial charge >= 0.3 is 6.55 Å². The van der Waals surface area contributed by atoms with Crippen molar-refractivity contribution in [1.82, 2.24) is 29.2 Å². The van der Waals surface area contributed by atoms with E-state index in [0.29, 0.717) is 24.4 Å². The van der Waals surface area contributed by atoms with E-state index in [1.807, 2.05) is 4.90 Å². The second-order valence-corrected chi connectivity index (χ2v) is 8.06. The maximum atomic E-state index is 14.2. The van der Waals surface area contributed by atoms with Gasteiger partial charge in [0.1, 0.15) is 24.1 Å². The third-order valence-electron chi connectivity index (χ3n) is 6.09. The number of nitrogens with zero attached hydrogens (tertiary/aromatic N) is 6. The molecule has 0 bridgehead atoms. The van der Waals surface area contributed by atoms with Crippen LogP contribution in [-0.2, 0) is 24.9 Å². The maximum absolute atomic E-state index is 14.2. The summed E-state index contributed by atoms with van der Waals surface area (Å²) >= 11 is 0. The van der Waals surface area contributed by atoms with Crippen LogP contribution in [0.1, 0.15) is 36.0 Å². The van der Waals surface area contributed by atoms with Crippen molar-refractivity contribution in [3.8, 4) is 11.6 Å². The van der Waals surface area contributed by atoms with Crippen LogP contribution in [0.2, 0.25) is 0 Å². The van der Waals surface area contributed by atoms with Gasteiger partial charge in [-0.15, -0.1) is 0 Å². The summed E-state index contributed by atoms with van der Waals surface area (Å²) in [6, 6.07) is 2.43. The van der Waals surface area contributed by atoms with Crippen molar-refractivity contribution < 1.29 is 22.3 Å². The number of nitrogens with two attached hydrogens (primary N) is 1. The van der Waals surface area contributed by atoms with E-state index in [0.717, 1.165) is 22.8 Å². The Labute approximate surface area is 180 Å². The van der Waals surface area contributed by atoms with Gasteiger partial charge in [-0.1, -0.05) is 0 Å². The number of imidazole rings is 1. The van der Waals surface area contributed by atoms with Crippen LogP contribution in [-0.4, -0.2) is 47.9 Å². The highest BCUT2D eigenvalue weighted by molar-refractivity contribution is 5.47. The molecule has 2 N–H and O–H groups in total. The van der Waals surface area contributed by atoms with Crippen LogP contribution in [0.15, 0.2) is 24.5 Å². The van der Waals surface area contributed by atoms with Crippen molar-refractivity contribution in [1.29, 1.82) is 0 Å². The van der Waals surface area contributed by atoms with Gasteiger partial charge in [-0.25, -0.2) is 23.4 Å². The molecule has 170 valence electrons. The summed E-state index contributed by atoms with van der Waals surface area (Å²) in [4.78, 5) is 10.4. The Morgan fingerprint density at radius 2 is 2.00 bits per heavy atom. The summed E-state index contributed by atoms with van der Waals surface area (Å²) in [5.74, 6) is -0.814. The fourth-order valence-corrected chi connectivity index (χ4v) is 4.52. The fourth-order valence-electron chi connectivity index (χ4n) is 4.52. The highest BCUT2D eigenvalue weighted by atomic mass is 19.3. The molecule has 3 aromatic rings. The van der Waals surface area contributed by atoms with Gasteiger partial charge in [0, 0.05) is 37.8 Å². The van der Waals surface area contributed by atoms with Gasteiger partial charge in [0.15, 0.2) is 11.6 Å². The summed E-state index contributed by atoms with van der Waals surface area (Å²) in [7, 11) is 1.61. The summed E-state index contributed by atoms with van der Waals surface area (Å²) in [6.45, 7) is -1.99. The van der Waals surface area contributed by atoms with E-state index in [9.17, 15) is 17.6 Å². The van der Waals surface area contributed by atoms with Gasteiger partial charge in [-0.05, 0) is 24.6 Å². The minimum Gasteiger partial charge on any atom is -0.370 e. The molecule has 2 aliphatic heterocycles. The predicted molar refractivity (Wildman–Crippen MR) is 104 cm³/mol. The molecule has 0 unspecified atom stereocenters. The molecular weight excluding hydrogens is 430 g/mol. The van der Waals surface area contributed by atoms with Gasteiger partial charge in [0.05, 0.1) is 18.0 Å². The van der Waals surface area contributed by atoms with Crippen molar-refractivity contribution in [2.45, 2.75) is 44.2 Å². The highest BCUT2D eigenvalue weighted by Gasteiger charge is 2.39. The van der Waals surface area contributed by atoms with E-state index in [1.165, 1.54) is 11.0 Å². The number of aromatic nitrogens is 5. The van der Waals surface area contributed by atoms with Crippen LogP contribution in [0.3, 0.4) is 0 Å². The van der Waals surface area contributed by atoms with Crippen molar-refractivity contribution in [2.75, 3.05) is 6.61 Å². The van der Waals surface area contributed by atoms with E-state index >= 15 is 0 Å². The van der Waals surface area contributed by atoms with Gasteiger partial charge in [0.25, 0.3) is 0 Å². The zero-order valence-corrected chi connectivity index (χ0v) is 17.1.